The molecular weight excluding hydrogens is 379 g/mol. The first-order chi connectivity index (χ1) is 13.3. The number of halogens is 1. The molecular formula is C20H27FN4O2S. The van der Waals surface area contributed by atoms with E-state index >= 15 is 0 Å². The van der Waals surface area contributed by atoms with Crippen LogP contribution in [-0.4, -0.2) is 60.3 Å². The Kier molecular flexibility index (Phi) is 5.28. The van der Waals surface area contributed by atoms with E-state index in [2.05, 4.69) is 15.1 Å². The minimum Gasteiger partial charge on any atom is -0.299 e. The highest BCUT2D eigenvalue weighted by Crippen LogP contribution is 2.41. The molecule has 152 valence electrons. The maximum absolute atomic E-state index is 13.6. The van der Waals surface area contributed by atoms with E-state index in [9.17, 15) is 12.8 Å². The van der Waals surface area contributed by atoms with Crippen molar-refractivity contribution >= 4 is 10.0 Å². The molecule has 1 aromatic carbocycles. The molecule has 6 nitrogen and oxygen atoms in total. The summed E-state index contributed by atoms with van der Waals surface area (Å²) in [5.41, 5.74) is 2.73. The highest BCUT2D eigenvalue weighted by molar-refractivity contribution is 7.88. The summed E-state index contributed by atoms with van der Waals surface area (Å²) in [5.74, 6) is 0.857. The lowest BCUT2D eigenvalue weighted by Gasteiger charge is -2.34. The third-order valence-corrected chi connectivity index (χ3v) is 7.73. The topological polar surface area (TPSA) is 69.3 Å². The van der Waals surface area contributed by atoms with E-state index in [-0.39, 0.29) is 11.9 Å². The molecule has 0 amide bonds. The number of nitrogens with one attached hydrogen (secondary N) is 1. The molecule has 28 heavy (non-hydrogen) atoms. The van der Waals surface area contributed by atoms with Gasteiger partial charge in [-0.2, -0.15) is 5.10 Å². The van der Waals surface area contributed by atoms with Crippen molar-refractivity contribution in [2.75, 3.05) is 26.4 Å². The van der Waals surface area contributed by atoms with Crippen molar-refractivity contribution in [3.05, 3.63) is 41.8 Å². The second-order valence-electron chi connectivity index (χ2n) is 8.23. The van der Waals surface area contributed by atoms with E-state index in [0.29, 0.717) is 11.8 Å². The van der Waals surface area contributed by atoms with Gasteiger partial charge >= 0.3 is 0 Å². The van der Waals surface area contributed by atoms with Crippen LogP contribution in [0, 0.1) is 17.7 Å². The molecule has 8 heteroatoms. The van der Waals surface area contributed by atoms with Crippen molar-refractivity contribution < 1.29 is 12.8 Å². The molecule has 4 rings (SSSR count). The highest BCUT2D eigenvalue weighted by atomic mass is 32.2. The molecule has 3 atom stereocenters. The molecule has 1 saturated heterocycles. The van der Waals surface area contributed by atoms with Crippen molar-refractivity contribution in [3.8, 4) is 11.3 Å². The number of nitrogens with zero attached hydrogens (tertiary/aromatic N) is 3. The number of rotatable bonds is 5. The molecule has 1 aliphatic heterocycles. The normalized spacial score (nSPS) is 25.9. The molecule has 1 saturated carbocycles. The Bertz CT molecular complexity index is 945. The van der Waals surface area contributed by atoms with Crippen LogP contribution >= 0.6 is 0 Å². The number of hydrogen-bond donors (Lipinski definition) is 1. The zero-order valence-corrected chi connectivity index (χ0v) is 17.1. The van der Waals surface area contributed by atoms with Crippen LogP contribution < -0.4 is 0 Å². The van der Waals surface area contributed by atoms with Crippen molar-refractivity contribution in [2.45, 2.75) is 31.8 Å². The van der Waals surface area contributed by atoms with Crippen molar-refractivity contribution in [1.82, 2.24) is 19.4 Å². The number of aromatic nitrogens is 2. The van der Waals surface area contributed by atoms with Gasteiger partial charge in [0.25, 0.3) is 0 Å². The first-order valence-corrected chi connectivity index (χ1v) is 11.6. The van der Waals surface area contributed by atoms with Crippen LogP contribution in [0.25, 0.3) is 11.3 Å². The minimum absolute atomic E-state index is 0.113. The third-order valence-electron chi connectivity index (χ3n) is 6.39. The lowest BCUT2D eigenvalue weighted by Crippen LogP contribution is -2.38. The number of likely N-dealkylation sites (tertiary alicyclic amines) is 1. The number of sulfonamides is 1. The fourth-order valence-corrected chi connectivity index (χ4v) is 5.52. The standard InChI is InChI=1S/C20H27FN4O2S/c1-24(28(2,26)27)19-9-14-6-7-25(12-16(14)10-19)13-17-11-22-23-20(17)15-4-3-5-18(21)8-15/h3-5,8,11,14,16,19H,6-7,9-10,12-13H2,1-2H3,(H,22,23)/t14-,16-,19+/m1/s1. The molecule has 2 aromatic rings. The lowest BCUT2D eigenvalue weighted by molar-refractivity contribution is 0.132. The van der Waals surface area contributed by atoms with Gasteiger partial charge in [0.15, 0.2) is 0 Å². The Labute approximate surface area is 165 Å². The first kappa shape index (κ1) is 19.5. The largest absolute Gasteiger partial charge is 0.299 e. The van der Waals surface area contributed by atoms with E-state index in [4.69, 9.17) is 0 Å². The van der Waals surface area contributed by atoms with Gasteiger partial charge in [-0.25, -0.2) is 17.1 Å². The summed E-state index contributed by atoms with van der Waals surface area (Å²) in [6.07, 6.45) is 6.08. The van der Waals surface area contributed by atoms with Gasteiger partial charge in [0.1, 0.15) is 5.82 Å². The Morgan fingerprint density at radius 1 is 1.32 bits per heavy atom. The van der Waals surface area contributed by atoms with Gasteiger partial charge in [-0.3, -0.25) is 10.00 Å². The second kappa shape index (κ2) is 7.57. The quantitative estimate of drug-likeness (QED) is 0.829. The van der Waals surface area contributed by atoms with E-state index in [0.717, 1.165) is 55.7 Å². The van der Waals surface area contributed by atoms with Gasteiger partial charge in [-0.1, -0.05) is 12.1 Å². The molecule has 2 fully saturated rings. The monoisotopic (exact) mass is 406 g/mol. The maximum atomic E-state index is 13.6. The van der Waals surface area contributed by atoms with E-state index in [1.54, 1.807) is 17.4 Å². The van der Waals surface area contributed by atoms with E-state index in [1.807, 2.05) is 12.3 Å². The molecule has 0 radical (unpaired) electrons. The van der Waals surface area contributed by atoms with Crippen LogP contribution in [-0.2, 0) is 16.6 Å². The van der Waals surface area contributed by atoms with Crippen LogP contribution in [0.4, 0.5) is 4.39 Å². The number of hydrogen-bond acceptors (Lipinski definition) is 4. The van der Waals surface area contributed by atoms with Gasteiger partial charge in [0, 0.05) is 37.3 Å². The second-order valence-corrected chi connectivity index (χ2v) is 10.3. The smallest absolute Gasteiger partial charge is 0.211 e. The zero-order chi connectivity index (χ0) is 19.9. The number of fused-ring (bicyclic) bond motifs is 1. The predicted octanol–water partition coefficient (Wildman–Crippen LogP) is 2.71. The Morgan fingerprint density at radius 2 is 2.11 bits per heavy atom. The van der Waals surface area contributed by atoms with Gasteiger partial charge < -0.3 is 0 Å². The average molecular weight is 407 g/mol. The van der Waals surface area contributed by atoms with Crippen molar-refractivity contribution in [1.29, 1.82) is 0 Å². The maximum Gasteiger partial charge on any atom is 0.211 e. The summed E-state index contributed by atoms with van der Waals surface area (Å²) in [4.78, 5) is 2.41. The van der Waals surface area contributed by atoms with E-state index < -0.39 is 10.0 Å². The van der Waals surface area contributed by atoms with Gasteiger partial charge in [0.05, 0.1) is 18.1 Å². The molecule has 1 aromatic heterocycles. The Balaban J connectivity index is 1.43. The molecule has 0 unspecified atom stereocenters. The van der Waals surface area contributed by atoms with Crippen LogP contribution in [0.3, 0.4) is 0 Å². The van der Waals surface area contributed by atoms with Crippen LogP contribution in [0.5, 0.6) is 0 Å². The van der Waals surface area contributed by atoms with Gasteiger partial charge in [-0.05, 0) is 49.8 Å². The summed E-state index contributed by atoms with van der Waals surface area (Å²) in [6.45, 7) is 2.72. The number of benzene rings is 1. The summed E-state index contributed by atoms with van der Waals surface area (Å²) >= 11 is 0. The van der Waals surface area contributed by atoms with Crippen molar-refractivity contribution in [2.24, 2.45) is 11.8 Å². The zero-order valence-electron chi connectivity index (χ0n) is 16.3. The third kappa shape index (κ3) is 3.99. The fraction of sp³-hybridized carbons (Fsp3) is 0.550. The minimum atomic E-state index is -3.15. The number of H-pyrrole nitrogens is 1. The SMILES string of the molecule is CN([C@H]1C[C@H]2CCN(Cc3cn[nH]c3-c3cccc(F)c3)C[C@H]2C1)S(C)(=O)=O. The van der Waals surface area contributed by atoms with Crippen LogP contribution in [0.2, 0.25) is 0 Å². The molecule has 1 N–H and O–H groups in total. The Hall–Kier alpha value is -1.77. The summed E-state index contributed by atoms with van der Waals surface area (Å²) in [7, 11) is -1.45. The van der Waals surface area contributed by atoms with Crippen molar-refractivity contribution in [3.63, 3.8) is 0 Å². The highest BCUT2D eigenvalue weighted by Gasteiger charge is 2.41. The molecule has 1 aliphatic carbocycles. The Morgan fingerprint density at radius 3 is 2.86 bits per heavy atom. The number of aromatic amines is 1. The van der Waals surface area contributed by atoms with E-state index in [1.165, 1.54) is 18.4 Å². The number of piperidine rings is 1. The van der Waals surface area contributed by atoms with Gasteiger partial charge in [-0.15, -0.1) is 0 Å². The van der Waals surface area contributed by atoms with Crippen LogP contribution in [0.1, 0.15) is 24.8 Å². The molecule has 2 aliphatic rings. The molecule has 2 heterocycles. The van der Waals surface area contributed by atoms with Gasteiger partial charge in [0.2, 0.25) is 10.0 Å². The summed E-state index contributed by atoms with van der Waals surface area (Å²) in [5, 5.41) is 7.18. The van der Waals surface area contributed by atoms with Crippen LogP contribution in [0.15, 0.2) is 30.5 Å². The lowest BCUT2D eigenvalue weighted by atomic mass is 9.88. The first-order valence-electron chi connectivity index (χ1n) is 9.75. The molecule has 0 spiro atoms. The predicted molar refractivity (Wildman–Crippen MR) is 106 cm³/mol. The molecule has 0 bridgehead atoms. The fourth-order valence-electron chi connectivity index (χ4n) is 4.81. The average Bonchev–Trinajstić information content (AvgIpc) is 3.26. The summed E-state index contributed by atoms with van der Waals surface area (Å²) < 4.78 is 38.9. The summed E-state index contributed by atoms with van der Waals surface area (Å²) in [6, 6.07) is 6.66.